The number of aromatic nitrogens is 1. The number of hydrogen-bond acceptors (Lipinski definition) is 0. The van der Waals surface area contributed by atoms with Crippen LogP contribution in [0.25, 0.3) is 59.6 Å². The SMILES string of the molecule is c1cc2c3cc4cc5c(cc4cc3n3c4cc6cc7c(cc6cc4c(c1)c23)C1CC2CC(C1)CC7C2)C1CC2CC(CC5C2)C1. The van der Waals surface area contributed by atoms with Gasteiger partial charge in [-0.15, -0.1) is 0 Å². The first-order chi connectivity index (χ1) is 22.2. The van der Waals surface area contributed by atoms with Crippen molar-refractivity contribution in [1.82, 2.24) is 4.40 Å². The molecule has 2 heterocycles. The summed E-state index contributed by atoms with van der Waals surface area (Å²) in [5.41, 5.74) is 11.1. The van der Waals surface area contributed by atoms with E-state index in [1.165, 1.54) is 124 Å². The lowest BCUT2D eigenvalue weighted by Gasteiger charge is -2.38. The average Bonchev–Trinajstić information content (AvgIpc) is 3.41. The molecule has 0 amide bonds. The van der Waals surface area contributed by atoms with Crippen molar-refractivity contribution in [3.05, 3.63) is 89.0 Å². The molecule has 45 heavy (non-hydrogen) atoms. The van der Waals surface area contributed by atoms with Gasteiger partial charge in [0.15, 0.2) is 0 Å². The summed E-state index contributed by atoms with van der Waals surface area (Å²) in [7, 11) is 0. The summed E-state index contributed by atoms with van der Waals surface area (Å²) in [4.78, 5) is 0. The minimum absolute atomic E-state index is 0.789. The van der Waals surface area contributed by atoms with E-state index in [9.17, 15) is 0 Å². The predicted molar refractivity (Wildman–Crippen MR) is 187 cm³/mol. The van der Waals surface area contributed by atoms with Crippen molar-refractivity contribution >= 4 is 59.6 Å². The summed E-state index contributed by atoms with van der Waals surface area (Å²) in [6.07, 6.45) is 14.5. The van der Waals surface area contributed by atoms with Crippen LogP contribution in [-0.4, -0.2) is 4.40 Å². The molecule has 4 unspecified atom stereocenters. The monoisotopic (exact) mass is 581 g/mol. The van der Waals surface area contributed by atoms with E-state index in [0.29, 0.717) is 0 Å². The Kier molecular flexibility index (Phi) is 4.14. The van der Waals surface area contributed by atoms with E-state index in [1.807, 2.05) is 0 Å². The molecule has 1 nitrogen and oxygen atoms in total. The zero-order valence-corrected chi connectivity index (χ0v) is 26.0. The van der Waals surface area contributed by atoms with Crippen LogP contribution in [-0.2, 0) is 0 Å². The van der Waals surface area contributed by atoms with Crippen molar-refractivity contribution in [2.45, 2.75) is 87.9 Å². The predicted octanol–water partition coefficient (Wildman–Crippen LogP) is 11.9. The van der Waals surface area contributed by atoms with E-state index in [2.05, 4.69) is 71.1 Å². The molecule has 220 valence electrons. The highest BCUT2D eigenvalue weighted by atomic mass is 14.9. The molecule has 5 aromatic carbocycles. The van der Waals surface area contributed by atoms with E-state index in [1.54, 1.807) is 22.3 Å². The molecule has 0 N–H and O–H groups in total. The summed E-state index contributed by atoms with van der Waals surface area (Å²) in [5.74, 6) is 7.04. The van der Waals surface area contributed by atoms with Gasteiger partial charge in [-0.05, 0) is 180 Å². The summed E-state index contributed by atoms with van der Waals surface area (Å²) < 4.78 is 2.65. The van der Waals surface area contributed by atoms with E-state index in [0.717, 1.165) is 47.3 Å². The molecule has 2 aromatic heterocycles. The molecule has 7 aromatic rings. The summed E-state index contributed by atoms with van der Waals surface area (Å²) in [6, 6.07) is 27.9. The minimum atomic E-state index is 0.789. The molecule has 1 heteroatoms. The zero-order chi connectivity index (χ0) is 28.7. The van der Waals surface area contributed by atoms with Gasteiger partial charge in [-0.2, -0.15) is 0 Å². The maximum absolute atomic E-state index is 2.65. The van der Waals surface area contributed by atoms with Crippen molar-refractivity contribution in [2.75, 3.05) is 0 Å². The molecule has 4 saturated carbocycles. The quantitative estimate of drug-likeness (QED) is 0.168. The van der Waals surface area contributed by atoms with Crippen LogP contribution >= 0.6 is 0 Å². The number of fused-ring (bicyclic) bond motifs is 8. The number of para-hydroxylation sites is 1. The third-order valence-corrected chi connectivity index (χ3v) is 14.7. The fourth-order valence-electron chi connectivity index (χ4n) is 13.3. The number of benzene rings is 5. The Bertz CT molecular complexity index is 2260. The topological polar surface area (TPSA) is 4.41 Å². The summed E-state index contributed by atoms with van der Waals surface area (Å²) >= 11 is 0. The maximum Gasteiger partial charge on any atom is 0.0620 e. The molecule has 8 aliphatic carbocycles. The molecule has 15 rings (SSSR count). The Morgan fingerprint density at radius 2 is 0.733 bits per heavy atom. The van der Waals surface area contributed by atoms with Crippen molar-refractivity contribution in [2.24, 2.45) is 23.7 Å². The Labute approximate surface area is 263 Å². The number of rotatable bonds is 0. The van der Waals surface area contributed by atoms with Crippen LogP contribution in [0, 0.1) is 23.7 Å². The van der Waals surface area contributed by atoms with Gasteiger partial charge in [0.05, 0.1) is 16.6 Å². The lowest BCUT2D eigenvalue weighted by atomic mass is 9.67. The van der Waals surface area contributed by atoms with Crippen LogP contribution in [0.1, 0.15) is 110 Å². The van der Waals surface area contributed by atoms with Gasteiger partial charge in [-0.1, -0.05) is 42.5 Å². The zero-order valence-electron chi connectivity index (χ0n) is 26.0. The van der Waals surface area contributed by atoms with Crippen molar-refractivity contribution in [3.8, 4) is 0 Å². The molecule has 4 fully saturated rings. The Balaban J connectivity index is 1.08. The molecular weight excluding hydrogens is 542 g/mol. The Hall–Kier alpha value is -3.58. The van der Waals surface area contributed by atoms with E-state index in [4.69, 9.17) is 0 Å². The van der Waals surface area contributed by atoms with Crippen molar-refractivity contribution in [3.63, 3.8) is 0 Å². The molecule has 0 saturated heterocycles. The molecule has 0 spiro atoms. The Morgan fingerprint density at radius 3 is 1.11 bits per heavy atom. The highest BCUT2D eigenvalue weighted by Gasteiger charge is 2.43. The van der Waals surface area contributed by atoms with Crippen molar-refractivity contribution in [1.29, 1.82) is 0 Å². The van der Waals surface area contributed by atoms with Gasteiger partial charge >= 0.3 is 0 Å². The summed E-state index contributed by atoms with van der Waals surface area (Å²) in [5, 5.41) is 11.5. The van der Waals surface area contributed by atoms with Gasteiger partial charge in [0, 0.05) is 21.5 Å². The van der Waals surface area contributed by atoms with Crippen molar-refractivity contribution < 1.29 is 0 Å². The average molecular weight is 582 g/mol. The first kappa shape index (κ1) is 23.7. The van der Waals surface area contributed by atoms with Gasteiger partial charge in [-0.25, -0.2) is 0 Å². The van der Waals surface area contributed by atoms with Gasteiger partial charge < -0.3 is 4.40 Å². The normalized spacial score (nSPS) is 32.9. The van der Waals surface area contributed by atoms with Crippen LogP contribution in [0.3, 0.4) is 0 Å². The fraction of sp³-hybridized carbons (Fsp3) is 0.409. The second-order valence-electron chi connectivity index (χ2n) is 17.0. The van der Waals surface area contributed by atoms with E-state index >= 15 is 0 Å². The second kappa shape index (κ2) is 7.86. The number of hydrogen-bond donors (Lipinski definition) is 0. The van der Waals surface area contributed by atoms with Gasteiger partial charge in [0.2, 0.25) is 0 Å². The van der Waals surface area contributed by atoms with Gasteiger partial charge in [0.1, 0.15) is 0 Å². The van der Waals surface area contributed by atoms with Gasteiger partial charge in [-0.3, -0.25) is 0 Å². The van der Waals surface area contributed by atoms with E-state index in [-0.39, 0.29) is 0 Å². The Morgan fingerprint density at radius 1 is 0.378 bits per heavy atom. The van der Waals surface area contributed by atoms with Crippen LogP contribution in [0.15, 0.2) is 66.7 Å². The first-order valence-corrected chi connectivity index (χ1v) is 18.4. The van der Waals surface area contributed by atoms with Crippen LogP contribution < -0.4 is 0 Å². The summed E-state index contributed by atoms with van der Waals surface area (Å²) in [6.45, 7) is 0. The fourth-order valence-corrected chi connectivity index (χ4v) is 13.3. The smallest absolute Gasteiger partial charge is 0.0620 e. The largest absolute Gasteiger partial charge is 0.308 e. The molecule has 0 radical (unpaired) electrons. The minimum Gasteiger partial charge on any atom is -0.308 e. The lowest BCUT2D eigenvalue weighted by Crippen LogP contribution is -2.25. The lowest BCUT2D eigenvalue weighted by molar-refractivity contribution is 0.165. The third kappa shape index (κ3) is 2.94. The third-order valence-electron chi connectivity index (χ3n) is 14.7. The molecule has 0 aliphatic heterocycles. The first-order valence-electron chi connectivity index (χ1n) is 18.4. The van der Waals surface area contributed by atoms with E-state index < -0.39 is 0 Å². The maximum atomic E-state index is 2.65. The highest BCUT2D eigenvalue weighted by Crippen LogP contribution is 2.58. The van der Waals surface area contributed by atoms with Gasteiger partial charge in [0.25, 0.3) is 0 Å². The highest BCUT2D eigenvalue weighted by molar-refractivity contribution is 6.26. The van der Waals surface area contributed by atoms with Crippen LogP contribution in [0.2, 0.25) is 0 Å². The number of nitrogens with zero attached hydrogens (tertiary/aromatic N) is 1. The van der Waals surface area contributed by atoms with Crippen LogP contribution in [0.4, 0.5) is 0 Å². The second-order valence-corrected chi connectivity index (χ2v) is 17.0. The molecule has 4 atom stereocenters. The molecular formula is C44H39N. The molecule has 8 aliphatic rings. The molecule has 8 bridgehead atoms. The standard InChI is InChI=1S/C44H39N/c1-2-34-40-18-26-14-36-30-6-22-4-23(7-30)11-32(10-22)38(36)16-28(26)20-42(40)45-43-21-29-17-39-33-12-24-5-25(13-33)9-31(8-24)37(39)15-27(29)19-41(43)35(3-1)44(34)45/h1-3,14-25,30-33H,4-13H2. The van der Waals surface area contributed by atoms with Crippen LogP contribution in [0.5, 0.6) is 0 Å².